The zero-order chi connectivity index (χ0) is 22.6. The molecule has 2 heterocycles. The molecule has 2 atom stereocenters. The summed E-state index contributed by atoms with van der Waals surface area (Å²) >= 11 is 0. The molecule has 1 aromatic carbocycles. The highest BCUT2D eigenvalue weighted by molar-refractivity contribution is 7.85. The maximum atomic E-state index is 14.6. The highest BCUT2D eigenvalue weighted by Gasteiger charge is 2.33. The van der Waals surface area contributed by atoms with Crippen molar-refractivity contribution in [3.05, 3.63) is 53.5 Å². The topological polar surface area (TPSA) is 124 Å². The van der Waals surface area contributed by atoms with Gasteiger partial charge in [0.05, 0.1) is 18.8 Å². The van der Waals surface area contributed by atoms with Crippen LogP contribution in [-0.4, -0.2) is 44.1 Å². The molecular formula is C20H22FN3O6S. The number of nitrogens with zero attached hydrogens (tertiary/aromatic N) is 1. The SMILES string of the molecule is CC(=O)NC[C@@H]1CC(c2ccc(Oc3ccc(COS(C)(=O)=O)cn3)c(F)c2)C(=O)N1. The van der Waals surface area contributed by atoms with E-state index in [0.29, 0.717) is 24.1 Å². The number of halogens is 1. The second-order valence-electron chi connectivity index (χ2n) is 7.19. The predicted octanol–water partition coefficient (Wildman–Crippen LogP) is 1.60. The number of hydrogen-bond acceptors (Lipinski definition) is 7. The summed E-state index contributed by atoms with van der Waals surface area (Å²) in [6.45, 7) is 1.55. The van der Waals surface area contributed by atoms with Gasteiger partial charge < -0.3 is 15.4 Å². The molecule has 3 rings (SSSR count). The fourth-order valence-corrected chi connectivity index (χ4v) is 3.45. The number of carbonyl (C=O) groups excluding carboxylic acids is 2. The van der Waals surface area contributed by atoms with E-state index in [1.807, 2.05) is 0 Å². The number of hydrogen-bond donors (Lipinski definition) is 2. The van der Waals surface area contributed by atoms with Crippen molar-refractivity contribution in [2.24, 2.45) is 0 Å². The van der Waals surface area contributed by atoms with E-state index in [1.54, 1.807) is 12.1 Å². The maximum absolute atomic E-state index is 14.6. The van der Waals surface area contributed by atoms with Gasteiger partial charge in [0.15, 0.2) is 11.6 Å². The summed E-state index contributed by atoms with van der Waals surface area (Å²) in [5.41, 5.74) is 1.02. The highest BCUT2D eigenvalue weighted by atomic mass is 32.2. The zero-order valence-electron chi connectivity index (χ0n) is 16.9. The Morgan fingerprint density at radius 1 is 1.32 bits per heavy atom. The third-order valence-corrected chi connectivity index (χ3v) is 5.14. The summed E-state index contributed by atoms with van der Waals surface area (Å²) < 4.78 is 46.7. The third-order valence-electron chi connectivity index (χ3n) is 4.59. The first-order valence-electron chi connectivity index (χ1n) is 9.42. The van der Waals surface area contributed by atoms with Crippen molar-refractivity contribution in [2.75, 3.05) is 12.8 Å². The normalized spacial score (nSPS) is 18.5. The van der Waals surface area contributed by atoms with Crippen LogP contribution < -0.4 is 15.4 Å². The number of rotatable bonds is 8. The standard InChI is InChI=1S/C20H22FN3O6S/c1-12(25)22-10-15-8-16(20(26)24-15)14-4-5-18(17(21)7-14)30-19-6-3-13(9-23-19)11-29-31(2,27)28/h3-7,9,15-16H,8,10-11H2,1-2H3,(H,22,25)(H,24,26)/t15-,16?/m0/s1. The number of benzene rings is 1. The van der Waals surface area contributed by atoms with Gasteiger partial charge in [-0.15, -0.1) is 0 Å². The lowest BCUT2D eigenvalue weighted by atomic mass is 9.95. The number of amides is 2. The summed E-state index contributed by atoms with van der Waals surface area (Å²) in [7, 11) is -3.57. The zero-order valence-corrected chi connectivity index (χ0v) is 17.7. The molecule has 31 heavy (non-hydrogen) atoms. The molecule has 0 radical (unpaired) electrons. The highest BCUT2D eigenvalue weighted by Crippen LogP contribution is 2.31. The van der Waals surface area contributed by atoms with E-state index in [1.165, 1.54) is 31.3 Å². The Balaban J connectivity index is 1.63. The van der Waals surface area contributed by atoms with E-state index in [2.05, 4.69) is 19.8 Å². The van der Waals surface area contributed by atoms with E-state index >= 15 is 0 Å². The Labute approximate surface area is 179 Å². The average molecular weight is 451 g/mol. The van der Waals surface area contributed by atoms with Gasteiger partial charge in [0, 0.05) is 31.8 Å². The van der Waals surface area contributed by atoms with Crippen LogP contribution in [0.4, 0.5) is 4.39 Å². The second-order valence-corrected chi connectivity index (χ2v) is 8.84. The van der Waals surface area contributed by atoms with Crippen molar-refractivity contribution >= 4 is 21.9 Å². The molecular weight excluding hydrogens is 429 g/mol. The first-order chi connectivity index (χ1) is 14.6. The Bertz CT molecular complexity index is 1070. The van der Waals surface area contributed by atoms with Crippen molar-refractivity contribution in [3.8, 4) is 11.6 Å². The summed E-state index contributed by atoms with van der Waals surface area (Å²) in [4.78, 5) is 27.3. The Morgan fingerprint density at radius 3 is 2.71 bits per heavy atom. The van der Waals surface area contributed by atoms with Crippen LogP contribution in [0.15, 0.2) is 36.5 Å². The van der Waals surface area contributed by atoms with Crippen LogP contribution in [0.5, 0.6) is 11.6 Å². The molecule has 166 valence electrons. The van der Waals surface area contributed by atoms with Gasteiger partial charge in [-0.25, -0.2) is 9.37 Å². The molecule has 2 aromatic rings. The summed E-state index contributed by atoms with van der Waals surface area (Å²) in [5, 5.41) is 5.45. The quantitative estimate of drug-likeness (QED) is 0.584. The van der Waals surface area contributed by atoms with Crippen molar-refractivity contribution < 1.29 is 31.3 Å². The molecule has 2 N–H and O–H groups in total. The molecule has 0 saturated carbocycles. The van der Waals surface area contributed by atoms with E-state index in [0.717, 1.165) is 6.26 Å². The predicted molar refractivity (Wildman–Crippen MR) is 108 cm³/mol. The molecule has 1 saturated heterocycles. The largest absolute Gasteiger partial charge is 0.436 e. The van der Waals surface area contributed by atoms with Crippen LogP contribution in [0.25, 0.3) is 0 Å². The van der Waals surface area contributed by atoms with Crippen LogP contribution in [0, 0.1) is 5.82 Å². The van der Waals surface area contributed by atoms with Gasteiger partial charge in [0.1, 0.15) is 0 Å². The number of ether oxygens (including phenoxy) is 1. The molecule has 1 aliphatic heterocycles. The van der Waals surface area contributed by atoms with Crippen molar-refractivity contribution in [3.63, 3.8) is 0 Å². The minimum atomic E-state index is -3.57. The van der Waals surface area contributed by atoms with E-state index in [-0.39, 0.29) is 36.1 Å². The Morgan fingerprint density at radius 2 is 2.10 bits per heavy atom. The van der Waals surface area contributed by atoms with Crippen LogP contribution >= 0.6 is 0 Å². The first-order valence-corrected chi connectivity index (χ1v) is 11.2. The first kappa shape index (κ1) is 22.6. The van der Waals surface area contributed by atoms with E-state index in [9.17, 15) is 22.4 Å². The molecule has 0 bridgehead atoms. The summed E-state index contributed by atoms with van der Waals surface area (Å²) in [6.07, 6.45) is 2.75. The monoisotopic (exact) mass is 451 g/mol. The van der Waals surface area contributed by atoms with E-state index < -0.39 is 21.9 Å². The molecule has 11 heteroatoms. The number of aromatic nitrogens is 1. The van der Waals surface area contributed by atoms with Crippen LogP contribution in [0.1, 0.15) is 30.4 Å². The molecule has 0 aliphatic carbocycles. The lowest BCUT2D eigenvalue weighted by Gasteiger charge is -2.11. The Kier molecular flexibility index (Phi) is 6.86. The molecule has 1 aliphatic rings. The molecule has 1 unspecified atom stereocenters. The third kappa shape index (κ3) is 6.46. The minimum absolute atomic E-state index is 0.0652. The van der Waals surface area contributed by atoms with Gasteiger partial charge in [-0.05, 0) is 35.7 Å². The number of carbonyl (C=O) groups is 2. The van der Waals surface area contributed by atoms with Gasteiger partial charge in [0.25, 0.3) is 10.1 Å². The lowest BCUT2D eigenvalue weighted by molar-refractivity contribution is -0.121. The average Bonchev–Trinajstić information content (AvgIpc) is 3.07. The maximum Gasteiger partial charge on any atom is 0.264 e. The van der Waals surface area contributed by atoms with Crippen LogP contribution in [0.3, 0.4) is 0 Å². The van der Waals surface area contributed by atoms with Crippen molar-refractivity contribution in [1.29, 1.82) is 0 Å². The molecule has 1 aromatic heterocycles. The minimum Gasteiger partial charge on any atom is -0.436 e. The summed E-state index contributed by atoms with van der Waals surface area (Å²) in [5.74, 6) is -1.53. The molecule has 1 fully saturated rings. The number of pyridine rings is 1. The van der Waals surface area contributed by atoms with Gasteiger partial charge in [-0.1, -0.05) is 6.07 Å². The van der Waals surface area contributed by atoms with Gasteiger partial charge in [0.2, 0.25) is 17.7 Å². The Hall–Kier alpha value is -3.05. The van der Waals surface area contributed by atoms with Crippen molar-refractivity contribution in [1.82, 2.24) is 15.6 Å². The fraction of sp³-hybridized carbons (Fsp3) is 0.350. The van der Waals surface area contributed by atoms with Gasteiger partial charge >= 0.3 is 0 Å². The molecule has 9 nitrogen and oxygen atoms in total. The van der Waals surface area contributed by atoms with E-state index in [4.69, 9.17) is 4.74 Å². The molecule has 2 amide bonds. The van der Waals surface area contributed by atoms with Crippen LogP contribution in [-0.2, 0) is 30.5 Å². The lowest BCUT2D eigenvalue weighted by Crippen LogP contribution is -2.37. The van der Waals surface area contributed by atoms with Gasteiger partial charge in [-0.2, -0.15) is 8.42 Å². The number of nitrogens with one attached hydrogen (secondary N) is 2. The summed E-state index contributed by atoms with van der Waals surface area (Å²) in [6, 6.07) is 7.08. The van der Waals surface area contributed by atoms with Gasteiger partial charge in [-0.3, -0.25) is 13.8 Å². The van der Waals surface area contributed by atoms with Crippen LogP contribution in [0.2, 0.25) is 0 Å². The fourth-order valence-electron chi connectivity index (χ4n) is 3.10. The smallest absolute Gasteiger partial charge is 0.264 e. The van der Waals surface area contributed by atoms with Crippen molar-refractivity contribution in [2.45, 2.75) is 31.9 Å². The second kappa shape index (κ2) is 9.40. The molecule has 0 spiro atoms.